The maximum absolute atomic E-state index is 5.68. The van der Waals surface area contributed by atoms with E-state index < -0.39 is 0 Å². The minimum Gasteiger partial charge on any atom is -0.393 e. The molecule has 0 aromatic heterocycles. The van der Waals surface area contributed by atoms with Crippen molar-refractivity contribution in [2.75, 3.05) is 27.2 Å². The van der Waals surface area contributed by atoms with E-state index in [1.807, 2.05) is 0 Å². The van der Waals surface area contributed by atoms with Crippen molar-refractivity contribution in [2.24, 2.45) is 5.73 Å². The number of rotatable bonds is 6. The lowest BCUT2D eigenvalue weighted by Gasteiger charge is -2.33. The molecular weight excluding hydrogens is 218 g/mol. The van der Waals surface area contributed by atoms with Gasteiger partial charge in [-0.1, -0.05) is 19.1 Å². The van der Waals surface area contributed by atoms with Crippen LogP contribution < -0.4 is 5.73 Å². The van der Waals surface area contributed by atoms with Gasteiger partial charge in [-0.3, -0.25) is 4.90 Å². The Morgan fingerprint density at radius 2 is 2.25 bits per heavy atom. The first kappa shape index (κ1) is 13.9. The third-order valence-corrected chi connectivity index (χ3v) is 3.54. The van der Waals surface area contributed by atoms with Gasteiger partial charge < -0.3 is 10.6 Å². The van der Waals surface area contributed by atoms with Crippen molar-refractivity contribution in [1.29, 1.82) is 0 Å². The van der Waals surface area contributed by atoms with E-state index in [0.717, 1.165) is 19.4 Å². The summed E-state index contributed by atoms with van der Waals surface area (Å²) in [6.45, 7) is 4.58. The highest BCUT2D eigenvalue weighted by Gasteiger charge is 2.30. The molecule has 4 heteroatoms. The topological polar surface area (TPSA) is 32.5 Å². The van der Waals surface area contributed by atoms with Crippen LogP contribution in [0, 0.1) is 0 Å². The number of nitrogens with two attached hydrogens (primary N) is 1. The molecule has 0 spiro atoms. The lowest BCUT2D eigenvalue weighted by atomic mass is 10.1. The molecule has 1 fully saturated rings. The van der Waals surface area contributed by atoms with E-state index in [1.54, 1.807) is 0 Å². The van der Waals surface area contributed by atoms with E-state index in [1.165, 1.54) is 19.4 Å². The smallest absolute Gasteiger partial charge is 0.0743 e. The molecular formula is C12H25N3S. The highest BCUT2D eigenvalue weighted by atomic mass is 32.1. The van der Waals surface area contributed by atoms with E-state index in [9.17, 15) is 0 Å². The molecule has 0 aliphatic carbocycles. The number of thiocarbonyl (C=S) groups is 1. The molecule has 0 aromatic carbocycles. The molecule has 0 saturated carbocycles. The average molecular weight is 243 g/mol. The molecule has 2 atom stereocenters. The highest BCUT2D eigenvalue weighted by Crippen LogP contribution is 2.23. The minimum absolute atomic E-state index is 0.546. The van der Waals surface area contributed by atoms with Crippen molar-refractivity contribution < 1.29 is 0 Å². The summed E-state index contributed by atoms with van der Waals surface area (Å²) in [6, 6.07) is 1.24. The Morgan fingerprint density at radius 3 is 2.75 bits per heavy atom. The fraction of sp³-hybridized carbons (Fsp3) is 0.917. The minimum atomic E-state index is 0.546. The molecule has 1 heterocycles. The second-order valence-corrected chi connectivity index (χ2v) is 5.55. The first-order chi connectivity index (χ1) is 7.54. The summed E-state index contributed by atoms with van der Waals surface area (Å²) < 4.78 is 0. The van der Waals surface area contributed by atoms with Crippen LogP contribution in [0.1, 0.15) is 32.6 Å². The Labute approximate surface area is 105 Å². The van der Waals surface area contributed by atoms with Crippen molar-refractivity contribution >= 4 is 17.2 Å². The molecule has 16 heavy (non-hydrogen) atoms. The molecule has 94 valence electrons. The van der Waals surface area contributed by atoms with Gasteiger partial charge >= 0.3 is 0 Å². The SMILES string of the molecule is CCC(CC(N)=S)N1CCCC1CN(C)C. The van der Waals surface area contributed by atoms with E-state index in [0.29, 0.717) is 17.1 Å². The Hall–Kier alpha value is -0.190. The second kappa shape index (κ2) is 6.52. The molecule has 0 amide bonds. The third-order valence-electron chi connectivity index (χ3n) is 3.38. The normalized spacial score (nSPS) is 23.9. The van der Waals surface area contributed by atoms with Gasteiger partial charge in [-0.05, 0) is 39.9 Å². The van der Waals surface area contributed by atoms with Gasteiger partial charge in [0.1, 0.15) is 0 Å². The number of hydrogen-bond acceptors (Lipinski definition) is 3. The van der Waals surface area contributed by atoms with Crippen LogP contribution in [0.5, 0.6) is 0 Å². The molecule has 0 bridgehead atoms. The van der Waals surface area contributed by atoms with Crippen molar-refractivity contribution in [3.63, 3.8) is 0 Å². The third kappa shape index (κ3) is 4.00. The van der Waals surface area contributed by atoms with Crippen molar-refractivity contribution in [3.05, 3.63) is 0 Å². The largest absolute Gasteiger partial charge is 0.393 e. The van der Waals surface area contributed by atoms with Gasteiger partial charge in [0, 0.05) is 25.0 Å². The Balaban J connectivity index is 2.57. The summed E-state index contributed by atoms with van der Waals surface area (Å²) in [5, 5.41) is 0. The number of likely N-dealkylation sites (tertiary alicyclic amines) is 1. The molecule has 0 radical (unpaired) electrons. The lowest BCUT2D eigenvalue weighted by Crippen LogP contribution is -2.44. The zero-order valence-corrected chi connectivity index (χ0v) is 11.6. The van der Waals surface area contributed by atoms with Crippen LogP contribution in [-0.4, -0.2) is 54.1 Å². The van der Waals surface area contributed by atoms with Crippen LogP contribution in [0.3, 0.4) is 0 Å². The summed E-state index contributed by atoms with van der Waals surface area (Å²) in [7, 11) is 4.29. The van der Waals surface area contributed by atoms with Crippen LogP contribution in [0.15, 0.2) is 0 Å². The molecule has 1 saturated heterocycles. The zero-order chi connectivity index (χ0) is 12.1. The van der Waals surface area contributed by atoms with Gasteiger partial charge in [0.2, 0.25) is 0 Å². The second-order valence-electron chi connectivity index (χ2n) is 5.03. The summed E-state index contributed by atoms with van der Waals surface area (Å²) in [5.74, 6) is 0. The molecule has 1 aliphatic rings. The molecule has 3 nitrogen and oxygen atoms in total. The molecule has 1 rings (SSSR count). The maximum atomic E-state index is 5.68. The van der Waals surface area contributed by atoms with Crippen molar-refractivity contribution in [1.82, 2.24) is 9.80 Å². The fourth-order valence-corrected chi connectivity index (χ4v) is 2.88. The Bertz CT molecular complexity index is 230. The van der Waals surface area contributed by atoms with Gasteiger partial charge in [0.25, 0.3) is 0 Å². The summed E-state index contributed by atoms with van der Waals surface area (Å²) in [4.78, 5) is 5.54. The average Bonchev–Trinajstić information content (AvgIpc) is 2.61. The predicted octanol–water partition coefficient (Wildman–Crippen LogP) is 1.47. The van der Waals surface area contributed by atoms with Crippen LogP contribution >= 0.6 is 12.2 Å². The zero-order valence-electron chi connectivity index (χ0n) is 10.8. The van der Waals surface area contributed by atoms with E-state index in [4.69, 9.17) is 18.0 Å². The van der Waals surface area contributed by atoms with E-state index >= 15 is 0 Å². The maximum Gasteiger partial charge on any atom is 0.0743 e. The van der Waals surface area contributed by atoms with Crippen LogP contribution in [0.2, 0.25) is 0 Å². The van der Waals surface area contributed by atoms with Gasteiger partial charge in [-0.25, -0.2) is 0 Å². The Morgan fingerprint density at radius 1 is 1.56 bits per heavy atom. The predicted molar refractivity (Wildman–Crippen MR) is 73.8 cm³/mol. The molecule has 2 N–H and O–H groups in total. The fourth-order valence-electron chi connectivity index (χ4n) is 2.68. The van der Waals surface area contributed by atoms with Crippen LogP contribution in [0.25, 0.3) is 0 Å². The molecule has 2 unspecified atom stereocenters. The highest BCUT2D eigenvalue weighted by molar-refractivity contribution is 7.80. The van der Waals surface area contributed by atoms with E-state index in [-0.39, 0.29) is 0 Å². The number of hydrogen-bond donors (Lipinski definition) is 1. The van der Waals surface area contributed by atoms with Gasteiger partial charge in [0.05, 0.1) is 4.99 Å². The van der Waals surface area contributed by atoms with Crippen LogP contribution in [-0.2, 0) is 0 Å². The lowest BCUT2D eigenvalue weighted by molar-refractivity contribution is 0.152. The first-order valence-electron chi connectivity index (χ1n) is 6.23. The standard InChI is InChI=1S/C12H25N3S/c1-4-10(8-12(13)16)15-7-5-6-11(15)9-14(2)3/h10-11H,4-9H2,1-3H3,(H2,13,16). The summed E-state index contributed by atoms with van der Waals surface area (Å²) >= 11 is 5.04. The van der Waals surface area contributed by atoms with Gasteiger partial charge in [-0.15, -0.1) is 0 Å². The number of likely N-dealkylation sites (N-methyl/N-ethyl adjacent to an activating group) is 1. The monoisotopic (exact) mass is 243 g/mol. The molecule has 1 aliphatic heterocycles. The first-order valence-corrected chi connectivity index (χ1v) is 6.64. The van der Waals surface area contributed by atoms with Crippen molar-refractivity contribution in [3.8, 4) is 0 Å². The van der Waals surface area contributed by atoms with Crippen LogP contribution in [0.4, 0.5) is 0 Å². The van der Waals surface area contributed by atoms with E-state index in [2.05, 4.69) is 30.8 Å². The summed E-state index contributed by atoms with van der Waals surface area (Å²) in [5.41, 5.74) is 5.68. The van der Waals surface area contributed by atoms with Gasteiger partial charge in [0.15, 0.2) is 0 Å². The van der Waals surface area contributed by atoms with Gasteiger partial charge in [-0.2, -0.15) is 0 Å². The molecule has 0 aromatic rings. The van der Waals surface area contributed by atoms with Crippen molar-refractivity contribution in [2.45, 2.75) is 44.7 Å². The summed E-state index contributed by atoms with van der Waals surface area (Å²) in [6.07, 6.45) is 4.63. The number of nitrogens with zero attached hydrogens (tertiary/aromatic N) is 2. The Kier molecular flexibility index (Phi) is 5.66. The quantitative estimate of drug-likeness (QED) is 0.716.